The van der Waals surface area contributed by atoms with Crippen molar-refractivity contribution in [3.63, 3.8) is 0 Å². The van der Waals surface area contributed by atoms with E-state index in [-0.39, 0.29) is 4.90 Å². The molecule has 0 radical (unpaired) electrons. The molecule has 0 aliphatic carbocycles. The van der Waals surface area contributed by atoms with Gasteiger partial charge in [-0.1, -0.05) is 41.4 Å². The lowest BCUT2D eigenvalue weighted by Crippen LogP contribution is -2.42. The third kappa shape index (κ3) is 4.84. The number of hydrogen-bond donors (Lipinski definition) is 0. The summed E-state index contributed by atoms with van der Waals surface area (Å²) in [5, 5.41) is 0.644. The van der Waals surface area contributed by atoms with Gasteiger partial charge < -0.3 is 9.64 Å². The summed E-state index contributed by atoms with van der Waals surface area (Å²) >= 11 is 5.94. The van der Waals surface area contributed by atoms with E-state index < -0.39 is 10.0 Å². The van der Waals surface area contributed by atoms with Crippen LogP contribution < -0.4 is 0 Å². The number of amidine groups is 1. The lowest BCUT2D eigenvalue weighted by Gasteiger charge is -2.29. The van der Waals surface area contributed by atoms with Gasteiger partial charge >= 0.3 is 0 Å². The van der Waals surface area contributed by atoms with Gasteiger partial charge in [-0.05, 0) is 36.8 Å². The Hall–Kier alpha value is -1.89. The zero-order chi connectivity index (χ0) is 18.6. The van der Waals surface area contributed by atoms with E-state index in [9.17, 15) is 8.42 Å². The average Bonchev–Trinajstić information content (AvgIpc) is 2.64. The van der Waals surface area contributed by atoms with Crippen molar-refractivity contribution in [2.75, 3.05) is 26.3 Å². The van der Waals surface area contributed by atoms with Crippen molar-refractivity contribution >= 4 is 27.5 Å². The van der Waals surface area contributed by atoms with Crippen molar-refractivity contribution in [1.82, 2.24) is 4.90 Å². The number of rotatable bonds is 4. The number of aryl methyl sites for hydroxylation is 1. The highest BCUT2D eigenvalue weighted by Gasteiger charge is 2.20. The van der Waals surface area contributed by atoms with Gasteiger partial charge in [-0.3, -0.25) is 0 Å². The van der Waals surface area contributed by atoms with Crippen LogP contribution in [-0.4, -0.2) is 45.5 Å². The van der Waals surface area contributed by atoms with E-state index in [1.54, 1.807) is 36.4 Å². The lowest BCUT2D eigenvalue weighted by molar-refractivity contribution is 0.0675. The maximum Gasteiger partial charge on any atom is 0.283 e. The Labute approximate surface area is 159 Å². The number of sulfonamides is 1. The topological polar surface area (TPSA) is 59.0 Å². The molecule has 7 heteroatoms. The Kier molecular flexibility index (Phi) is 5.96. The van der Waals surface area contributed by atoms with Crippen LogP contribution in [0.4, 0.5) is 0 Å². The molecule has 0 N–H and O–H groups in total. The van der Waals surface area contributed by atoms with E-state index in [4.69, 9.17) is 16.3 Å². The maximum atomic E-state index is 12.8. The fourth-order valence-corrected chi connectivity index (χ4v) is 3.88. The minimum atomic E-state index is -3.77. The number of nitrogens with zero attached hydrogens (tertiary/aromatic N) is 2. The average molecular weight is 393 g/mol. The van der Waals surface area contributed by atoms with E-state index in [0.717, 1.165) is 11.1 Å². The number of ether oxygens (including phenoxy) is 1. The van der Waals surface area contributed by atoms with Gasteiger partial charge in [0.15, 0.2) is 0 Å². The molecule has 1 heterocycles. The number of benzene rings is 2. The van der Waals surface area contributed by atoms with Crippen LogP contribution in [0.25, 0.3) is 0 Å². The van der Waals surface area contributed by atoms with E-state index in [1.165, 1.54) is 0 Å². The van der Waals surface area contributed by atoms with E-state index in [2.05, 4.69) is 4.40 Å². The molecule has 3 rings (SSSR count). The van der Waals surface area contributed by atoms with Gasteiger partial charge in [-0.15, -0.1) is 4.40 Å². The maximum absolute atomic E-state index is 12.8. The summed E-state index contributed by atoms with van der Waals surface area (Å²) in [6, 6.07) is 14.1. The van der Waals surface area contributed by atoms with Crippen molar-refractivity contribution in [3.05, 3.63) is 64.7 Å². The van der Waals surface area contributed by atoms with Gasteiger partial charge in [0.05, 0.1) is 18.1 Å². The zero-order valence-corrected chi connectivity index (χ0v) is 16.1. The second kappa shape index (κ2) is 8.20. The molecular weight excluding hydrogens is 372 g/mol. The molecule has 1 aliphatic heterocycles. The number of morpholine rings is 1. The standard InChI is InChI=1S/C19H21ClN2O3S/c1-15-2-8-18(9-3-15)26(23,24)21-19(22-10-12-25-13-11-22)14-16-4-6-17(20)7-5-16/h2-9H,10-14H2,1H3/b21-19-. The molecule has 26 heavy (non-hydrogen) atoms. The molecular formula is C19H21ClN2O3S. The highest BCUT2D eigenvalue weighted by molar-refractivity contribution is 7.90. The molecule has 1 saturated heterocycles. The molecule has 1 aliphatic rings. The van der Waals surface area contributed by atoms with Crippen LogP contribution in [0.5, 0.6) is 0 Å². The molecule has 0 spiro atoms. The normalized spacial score (nSPS) is 15.9. The van der Waals surface area contributed by atoms with Crippen molar-refractivity contribution in [2.45, 2.75) is 18.2 Å². The minimum Gasteiger partial charge on any atom is -0.378 e. The van der Waals surface area contributed by atoms with Crippen molar-refractivity contribution in [2.24, 2.45) is 4.40 Å². The van der Waals surface area contributed by atoms with Gasteiger partial charge in [-0.2, -0.15) is 8.42 Å². The monoisotopic (exact) mass is 392 g/mol. The quantitative estimate of drug-likeness (QED) is 0.591. The van der Waals surface area contributed by atoms with Gasteiger partial charge in [0.2, 0.25) is 0 Å². The summed E-state index contributed by atoms with van der Waals surface area (Å²) in [6.07, 6.45) is 0.419. The van der Waals surface area contributed by atoms with Crippen LogP contribution >= 0.6 is 11.6 Å². The van der Waals surface area contributed by atoms with Crippen LogP contribution in [0.3, 0.4) is 0 Å². The van der Waals surface area contributed by atoms with Crippen molar-refractivity contribution < 1.29 is 13.2 Å². The van der Waals surface area contributed by atoms with Crippen molar-refractivity contribution in [3.8, 4) is 0 Å². The minimum absolute atomic E-state index is 0.199. The highest BCUT2D eigenvalue weighted by Crippen LogP contribution is 2.17. The Balaban J connectivity index is 1.94. The van der Waals surface area contributed by atoms with E-state index in [1.807, 2.05) is 24.0 Å². The van der Waals surface area contributed by atoms with Crippen LogP contribution in [-0.2, 0) is 21.2 Å². The SMILES string of the molecule is Cc1ccc(S(=O)(=O)/N=C(/Cc2ccc(Cl)cc2)N2CCOCC2)cc1. The molecule has 2 aromatic carbocycles. The summed E-state index contributed by atoms with van der Waals surface area (Å²) in [5.74, 6) is 0.524. The summed E-state index contributed by atoms with van der Waals surface area (Å²) in [5.41, 5.74) is 1.96. The smallest absolute Gasteiger partial charge is 0.283 e. The largest absolute Gasteiger partial charge is 0.378 e. The Bertz CT molecular complexity index is 872. The first-order chi connectivity index (χ1) is 12.4. The molecule has 0 bridgehead atoms. The first-order valence-corrected chi connectivity index (χ1v) is 10.2. The first kappa shape index (κ1) is 18.9. The van der Waals surface area contributed by atoms with Gasteiger partial charge in [-0.25, -0.2) is 0 Å². The predicted octanol–water partition coefficient (Wildman–Crippen LogP) is 3.31. The zero-order valence-electron chi connectivity index (χ0n) is 14.6. The summed E-state index contributed by atoms with van der Waals surface area (Å²) in [4.78, 5) is 2.18. The Morgan fingerprint density at radius 2 is 1.69 bits per heavy atom. The fourth-order valence-electron chi connectivity index (χ4n) is 2.71. The molecule has 138 valence electrons. The van der Waals surface area contributed by atoms with Crippen molar-refractivity contribution in [1.29, 1.82) is 0 Å². The predicted molar refractivity (Wildman–Crippen MR) is 103 cm³/mol. The summed E-state index contributed by atoms with van der Waals surface area (Å²) in [6.45, 7) is 4.28. The van der Waals surface area contributed by atoms with E-state index >= 15 is 0 Å². The number of hydrogen-bond acceptors (Lipinski definition) is 3. The van der Waals surface area contributed by atoms with Crippen LogP contribution in [0.1, 0.15) is 11.1 Å². The Morgan fingerprint density at radius 3 is 2.31 bits per heavy atom. The molecule has 0 atom stereocenters. The first-order valence-electron chi connectivity index (χ1n) is 8.42. The van der Waals surface area contributed by atoms with Crippen LogP contribution in [0.2, 0.25) is 5.02 Å². The third-order valence-electron chi connectivity index (χ3n) is 4.20. The third-order valence-corrected chi connectivity index (χ3v) is 5.77. The number of halogens is 1. The second-order valence-electron chi connectivity index (χ2n) is 6.20. The fraction of sp³-hybridized carbons (Fsp3) is 0.316. The van der Waals surface area contributed by atoms with Crippen LogP contribution in [0, 0.1) is 6.92 Å². The molecule has 2 aromatic rings. The molecule has 0 aromatic heterocycles. The lowest BCUT2D eigenvalue weighted by atomic mass is 10.1. The van der Waals surface area contributed by atoms with Gasteiger partial charge in [0.25, 0.3) is 10.0 Å². The van der Waals surface area contributed by atoms with Gasteiger partial charge in [0, 0.05) is 24.5 Å². The van der Waals surface area contributed by atoms with Crippen LogP contribution in [0.15, 0.2) is 57.8 Å². The summed E-state index contributed by atoms with van der Waals surface area (Å²) in [7, 11) is -3.77. The molecule has 0 saturated carbocycles. The molecule has 0 unspecified atom stereocenters. The second-order valence-corrected chi connectivity index (χ2v) is 8.24. The van der Waals surface area contributed by atoms with Gasteiger partial charge in [0.1, 0.15) is 5.84 Å². The Morgan fingerprint density at radius 1 is 1.08 bits per heavy atom. The van der Waals surface area contributed by atoms with E-state index in [0.29, 0.717) is 43.6 Å². The molecule has 1 fully saturated rings. The molecule has 5 nitrogen and oxygen atoms in total. The molecule has 0 amide bonds. The highest BCUT2D eigenvalue weighted by atomic mass is 35.5. The summed E-state index contributed by atoms with van der Waals surface area (Å²) < 4.78 is 35.1.